The van der Waals surface area contributed by atoms with E-state index in [9.17, 15) is 14.4 Å². The third-order valence-electron chi connectivity index (χ3n) is 5.75. The molecule has 0 saturated carbocycles. The summed E-state index contributed by atoms with van der Waals surface area (Å²) < 4.78 is 21.8. The van der Waals surface area contributed by atoms with Gasteiger partial charge in [0.2, 0.25) is 0 Å². The van der Waals surface area contributed by atoms with E-state index in [0.29, 0.717) is 33.4 Å². The first-order valence-corrected chi connectivity index (χ1v) is 12.0. The van der Waals surface area contributed by atoms with Crippen LogP contribution in [-0.2, 0) is 9.53 Å². The van der Waals surface area contributed by atoms with E-state index >= 15 is 0 Å². The first kappa shape index (κ1) is 26.5. The summed E-state index contributed by atoms with van der Waals surface area (Å²) >= 11 is 0. The summed E-state index contributed by atoms with van der Waals surface area (Å²) in [4.78, 5) is 38.3. The SMILES string of the molecule is COc1ccc(-c2cc(=O)oc3c(C)c(OC(=O)[C@H](NC(=O)OC(C)(C)C)c4ccccc4)ccc23)cc1. The van der Waals surface area contributed by atoms with Crippen molar-refractivity contribution < 1.29 is 28.2 Å². The predicted molar refractivity (Wildman–Crippen MR) is 143 cm³/mol. The van der Waals surface area contributed by atoms with Crippen molar-refractivity contribution in [2.24, 2.45) is 0 Å². The van der Waals surface area contributed by atoms with E-state index < -0.39 is 29.3 Å². The van der Waals surface area contributed by atoms with E-state index in [-0.39, 0.29) is 5.75 Å². The van der Waals surface area contributed by atoms with Gasteiger partial charge in [-0.1, -0.05) is 42.5 Å². The Hall–Kier alpha value is -4.59. The maximum Gasteiger partial charge on any atom is 0.408 e. The summed E-state index contributed by atoms with van der Waals surface area (Å²) in [6.07, 6.45) is -0.756. The van der Waals surface area contributed by atoms with Crippen molar-refractivity contribution >= 4 is 23.0 Å². The predicted octanol–water partition coefficient (Wildman–Crippen LogP) is 5.95. The van der Waals surface area contributed by atoms with E-state index in [1.165, 1.54) is 6.07 Å². The summed E-state index contributed by atoms with van der Waals surface area (Å²) in [5.41, 5.74) is 1.48. The van der Waals surface area contributed by atoms with Gasteiger partial charge >= 0.3 is 17.7 Å². The van der Waals surface area contributed by atoms with Gasteiger partial charge in [0, 0.05) is 17.0 Å². The van der Waals surface area contributed by atoms with E-state index in [0.717, 1.165) is 5.56 Å². The van der Waals surface area contributed by atoms with Crippen LogP contribution in [0.2, 0.25) is 0 Å². The summed E-state index contributed by atoms with van der Waals surface area (Å²) in [6, 6.07) is 19.7. The molecular weight excluding hydrogens is 486 g/mol. The molecule has 4 rings (SSSR count). The second kappa shape index (κ2) is 10.8. The van der Waals surface area contributed by atoms with Gasteiger partial charge in [0.15, 0.2) is 6.04 Å². The molecule has 0 aliphatic rings. The Kier molecular flexibility index (Phi) is 7.52. The molecule has 0 saturated heterocycles. The van der Waals surface area contributed by atoms with Gasteiger partial charge in [-0.3, -0.25) is 0 Å². The lowest BCUT2D eigenvalue weighted by atomic mass is 10.00. The van der Waals surface area contributed by atoms with Crippen molar-refractivity contribution in [3.05, 3.63) is 94.3 Å². The lowest BCUT2D eigenvalue weighted by Gasteiger charge is -2.23. The number of amides is 1. The average molecular weight is 516 g/mol. The van der Waals surface area contributed by atoms with E-state index in [1.54, 1.807) is 89.4 Å². The molecule has 8 nitrogen and oxygen atoms in total. The van der Waals surface area contributed by atoms with Crippen molar-refractivity contribution in [3.63, 3.8) is 0 Å². The average Bonchev–Trinajstić information content (AvgIpc) is 2.88. The van der Waals surface area contributed by atoms with Crippen LogP contribution >= 0.6 is 0 Å². The molecule has 1 amide bonds. The molecule has 196 valence electrons. The summed E-state index contributed by atoms with van der Waals surface area (Å²) in [7, 11) is 1.58. The van der Waals surface area contributed by atoms with Gasteiger partial charge in [0.25, 0.3) is 0 Å². The topological polar surface area (TPSA) is 104 Å². The zero-order valence-corrected chi connectivity index (χ0v) is 21.9. The zero-order chi connectivity index (χ0) is 27.4. The van der Waals surface area contributed by atoms with Crippen LogP contribution in [0.4, 0.5) is 4.79 Å². The van der Waals surface area contributed by atoms with Crippen LogP contribution in [0, 0.1) is 6.92 Å². The molecule has 0 aliphatic heterocycles. The fourth-order valence-electron chi connectivity index (χ4n) is 3.98. The van der Waals surface area contributed by atoms with Crippen LogP contribution in [0.5, 0.6) is 11.5 Å². The lowest BCUT2D eigenvalue weighted by Crippen LogP contribution is -2.39. The number of carbonyl (C=O) groups is 2. The molecule has 0 radical (unpaired) electrons. The van der Waals surface area contributed by atoms with Crippen molar-refractivity contribution in [3.8, 4) is 22.6 Å². The van der Waals surface area contributed by atoms with Gasteiger partial charge in [0.05, 0.1) is 7.11 Å². The number of benzene rings is 3. The standard InChI is InChI=1S/C30H29NO7/c1-18-24(36-28(33)26(20-9-7-6-8-10-20)31-29(34)38-30(2,3)4)16-15-22-23(17-25(32)37-27(18)22)19-11-13-21(35-5)14-12-19/h6-17,26H,1-5H3,(H,31,34)/t26-/m1/s1. The molecule has 38 heavy (non-hydrogen) atoms. The highest BCUT2D eigenvalue weighted by Crippen LogP contribution is 2.34. The highest BCUT2D eigenvalue weighted by molar-refractivity contribution is 5.96. The first-order chi connectivity index (χ1) is 18.1. The number of hydrogen-bond donors (Lipinski definition) is 1. The molecule has 4 aromatic rings. The number of methoxy groups -OCH3 is 1. The second-order valence-corrected chi connectivity index (χ2v) is 9.68. The van der Waals surface area contributed by atoms with Crippen LogP contribution in [0.25, 0.3) is 22.1 Å². The second-order valence-electron chi connectivity index (χ2n) is 9.68. The Labute approximate surface area is 220 Å². The zero-order valence-electron chi connectivity index (χ0n) is 21.9. The third-order valence-corrected chi connectivity index (χ3v) is 5.75. The van der Waals surface area contributed by atoms with Crippen LogP contribution < -0.4 is 20.4 Å². The number of carbonyl (C=O) groups excluding carboxylic acids is 2. The number of fused-ring (bicyclic) bond motifs is 1. The largest absolute Gasteiger partial charge is 0.497 e. The van der Waals surface area contributed by atoms with Gasteiger partial charge < -0.3 is 23.9 Å². The highest BCUT2D eigenvalue weighted by atomic mass is 16.6. The molecule has 1 aromatic heterocycles. The minimum Gasteiger partial charge on any atom is -0.497 e. The third kappa shape index (κ3) is 6.03. The molecule has 1 heterocycles. The van der Waals surface area contributed by atoms with E-state index in [4.69, 9.17) is 18.6 Å². The van der Waals surface area contributed by atoms with E-state index in [1.807, 2.05) is 12.1 Å². The fourth-order valence-corrected chi connectivity index (χ4v) is 3.98. The number of rotatable bonds is 6. The smallest absolute Gasteiger partial charge is 0.408 e. The summed E-state index contributed by atoms with van der Waals surface area (Å²) in [6.45, 7) is 6.89. The first-order valence-electron chi connectivity index (χ1n) is 12.0. The maximum atomic E-state index is 13.3. The van der Waals surface area contributed by atoms with Crippen molar-refractivity contribution in [2.45, 2.75) is 39.3 Å². The Morgan fingerprint density at radius 1 is 0.947 bits per heavy atom. The summed E-state index contributed by atoms with van der Waals surface area (Å²) in [5, 5.41) is 3.28. The van der Waals surface area contributed by atoms with Crippen molar-refractivity contribution in [1.82, 2.24) is 5.32 Å². The molecule has 3 aromatic carbocycles. The molecule has 0 fully saturated rings. The summed E-state index contributed by atoms with van der Waals surface area (Å²) in [5.74, 6) is 0.168. The van der Waals surface area contributed by atoms with Crippen LogP contribution in [-0.4, -0.2) is 24.8 Å². The number of hydrogen-bond acceptors (Lipinski definition) is 7. The molecule has 0 unspecified atom stereocenters. The molecule has 8 heteroatoms. The van der Waals surface area contributed by atoms with Crippen molar-refractivity contribution in [1.29, 1.82) is 0 Å². The number of aryl methyl sites for hydroxylation is 1. The number of ether oxygens (including phenoxy) is 3. The minimum absolute atomic E-state index is 0.199. The van der Waals surface area contributed by atoms with Gasteiger partial charge in [0.1, 0.15) is 22.7 Å². The Morgan fingerprint density at radius 3 is 2.26 bits per heavy atom. The number of alkyl carbamates (subject to hydrolysis) is 1. The van der Waals surface area contributed by atoms with Crippen LogP contribution in [0.3, 0.4) is 0 Å². The van der Waals surface area contributed by atoms with Crippen LogP contribution in [0.1, 0.15) is 37.9 Å². The Morgan fingerprint density at radius 2 is 1.63 bits per heavy atom. The van der Waals surface area contributed by atoms with Gasteiger partial charge in [-0.25, -0.2) is 14.4 Å². The minimum atomic E-state index is -1.13. The van der Waals surface area contributed by atoms with Gasteiger partial charge in [-0.2, -0.15) is 0 Å². The fraction of sp³-hybridized carbons (Fsp3) is 0.233. The number of esters is 1. The molecule has 0 aliphatic carbocycles. The number of nitrogens with one attached hydrogen (secondary N) is 1. The quantitative estimate of drug-likeness (QED) is 0.192. The highest BCUT2D eigenvalue weighted by Gasteiger charge is 2.28. The Bertz CT molecular complexity index is 1520. The van der Waals surface area contributed by atoms with E-state index in [2.05, 4.69) is 5.32 Å². The maximum absolute atomic E-state index is 13.3. The Balaban J connectivity index is 1.68. The molecule has 1 N–H and O–H groups in total. The molecular formula is C30H29NO7. The van der Waals surface area contributed by atoms with Gasteiger partial charge in [-0.05, 0) is 68.7 Å². The molecule has 0 bridgehead atoms. The lowest BCUT2D eigenvalue weighted by molar-refractivity contribution is -0.137. The molecule has 0 spiro atoms. The normalized spacial score (nSPS) is 12.0. The molecule has 1 atom stereocenters. The van der Waals surface area contributed by atoms with Crippen LogP contribution in [0.15, 0.2) is 82.0 Å². The van der Waals surface area contributed by atoms with Crippen molar-refractivity contribution in [2.75, 3.05) is 7.11 Å². The monoisotopic (exact) mass is 515 g/mol. The van der Waals surface area contributed by atoms with Gasteiger partial charge in [-0.15, -0.1) is 0 Å².